The van der Waals surface area contributed by atoms with Gasteiger partial charge in [-0.05, 0) is 23.6 Å². The summed E-state index contributed by atoms with van der Waals surface area (Å²) in [7, 11) is 1.36. The molecule has 0 amide bonds. The van der Waals surface area contributed by atoms with Crippen LogP contribution in [0.4, 0.5) is 13.2 Å². The Morgan fingerprint density at radius 2 is 1.86 bits per heavy atom. The summed E-state index contributed by atoms with van der Waals surface area (Å²) < 4.78 is 44.7. The van der Waals surface area contributed by atoms with E-state index in [1.807, 2.05) is 0 Å². The molecule has 8 heteroatoms. The van der Waals surface area contributed by atoms with Crippen LogP contribution in [0.1, 0.15) is 25.8 Å². The predicted octanol–water partition coefficient (Wildman–Crippen LogP) is 3.50. The second-order valence-electron chi connectivity index (χ2n) is 5.57. The summed E-state index contributed by atoms with van der Waals surface area (Å²) >= 11 is 3.21. The number of aliphatic hydroxyl groups is 1. The third-order valence-electron chi connectivity index (χ3n) is 3.41. The van der Waals surface area contributed by atoms with Crippen LogP contribution in [0.5, 0.6) is 5.75 Å². The highest BCUT2D eigenvalue weighted by Gasteiger charge is 2.62. The fraction of sp³-hybridized carbons (Fsp3) is 0.500. The molecule has 0 radical (unpaired) electrons. The molecular formula is C14H16BrF3O4. The quantitative estimate of drug-likeness (QED) is 0.815. The molecule has 124 valence electrons. The van der Waals surface area contributed by atoms with Gasteiger partial charge in [0.05, 0.1) is 7.11 Å². The van der Waals surface area contributed by atoms with E-state index in [4.69, 9.17) is 9.84 Å². The first-order chi connectivity index (χ1) is 9.85. The van der Waals surface area contributed by atoms with Crippen molar-refractivity contribution in [2.75, 3.05) is 7.11 Å². The molecule has 1 atom stereocenters. The monoisotopic (exact) mass is 384 g/mol. The number of carboxylic acid groups (broad SMARTS) is 1. The van der Waals surface area contributed by atoms with Crippen molar-refractivity contribution in [2.45, 2.75) is 37.5 Å². The number of rotatable bonds is 5. The van der Waals surface area contributed by atoms with E-state index in [0.29, 0.717) is 15.8 Å². The molecule has 2 N–H and O–H groups in total. The highest BCUT2D eigenvalue weighted by Crippen LogP contribution is 2.44. The number of hydrogen-bond acceptors (Lipinski definition) is 3. The van der Waals surface area contributed by atoms with Crippen molar-refractivity contribution in [2.24, 2.45) is 0 Å². The standard InChI is InChI=1S/C14H16BrF3O4/c1-12(2,7-13(21,11(19)20)14(16,17)18)9-6-8(15)4-5-10(9)22-3/h4-6,21H,7H2,1-3H3,(H,19,20). The van der Waals surface area contributed by atoms with Crippen molar-refractivity contribution in [3.05, 3.63) is 28.2 Å². The van der Waals surface area contributed by atoms with Crippen LogP contribution < -0.4 is 4.74 Å². The Labute approximate surface area is 134 Å². The number of hydrogen-bond donors (Lipinski definition) is 2. The van der Waals surface area contributed by atoms with Gasteiger partial charge >= 0.3 is 12.1 Å². The Kier molecular flexibility index (Phi) is 5.18. The normalized spacial score (nSPS) is 15.3. The van der Waals surface area contributed by atoms with Gasteiger partial charge in [0.1, 0.15) is 5.75 Å². The van der Waals surface area contributed by atoms with E-state index in [1.165, 1.54) is 27.0 Å². The first-order valence-corrected chi connectivity index (χ1v) is 7.01. The lowest BCUT2D eigenvalue weighted by Crippen LogP contribution is -2.55. The van der Waals surface area contributed by atoms with Crippen LogP contribution in [0.25, 0.3) is 0 Å². The topological polar surface area (TPSA) is 66.8 Å². The molecule has 1 rings (SSSR count). The van der Waals surface area contributed by atoms with Gasteiger partial charge in [0.25, 0.3) is 5.60 Å². The van der Waals surface area contributed by atoms with E-state index in [-0.39, 0.29) is 0 Å². The number of alkyl halides is 3. The summed E-state index contributed by atoms with van der Waals surface area (Å²) in [4.78, 5) is 11.0. The zero-order chi connectivity index (χ0) is 17.3. The Balaban J connectivity index is 3.36. The number of ether oxygens (including phenoxy) is 1. The molecule has 0 saturated carbocycles. The Bertz CT molecular complexity index is 572. The fourth-order valence-corrected chi connectivity index (χ4v) is 2.60. The van der Waals surface area contributed by atoms with Crippen LogP contribution in [0.2, 0.25) is 0 Å². The van der Waals surface area contributed by atoms with Crippen molar-refractivity contribution in [1.29, 1.82) is 0 Å². The zero-order valence-electron chi connectivity index (χ0n) is 12.2. The second-order valence-corrected chi connectivity index (χ2v) is 6.48. The number of carboxylic acids is 1. The summed E-state index contributed by atoms with van der Waals surface area (Å²) in [6.07, 6.45) is -6.35. The van der Waals surface area contributed by atoms with Gasteiger partial charge in [0, 0.05) is 16.5 Å². The molecule has 0 bridgehead atoms. The Morgan fingerprint density at radius 3 is 2.27 bits per heavy atom. The summed E-state index contributed by atoms with van der Waals surface area (Å²) in [6, 6.07) is 4.73. The molecule has 0 aromatic heterocycles. The molecule has 1 aromatic rings. The van der Waals surface area contributed by atoms with Crippen molar-refractivity contribution >= 4 is 21.9 Å². The van der Waals surface area contributed by atoms with E-state index >= 15 is 0 Å². The molecule has 1 unspecified atom stereocenters. The first kappa shape index (κ1) is 18.8. The number of methoxy groups -OCH3 is 1. The minimum atomic E-state index is -5.30. The van der Waals surface area contributed by atoms with Gasteiger partial charge in [-0.1, -0.05) is 29.8 Å². The molecule has 0 heterocycles. The van der Waals surface area contributed by atoms with Crippen molar-refractivity contribution < 1.29 is 32.9 Å². The summed E-state index contributed by atoms with van der Waals surface area (Å²) in [5.74, 6) is -2.02. The minimum absolute atomic E-state index is 0.308. The van der Waals surface area contributed by atoms with E-state index in [2.05, 4.69) is 15.9 Å². The molecule has 0 saturated heterocycles. The number of carbonyl (C=O) groups is 1. The lowest BCUT2D eigenvalue weighted by molar-refractivity contribution is -0.265. The van der Waals surface area contributed by atoms with E-state index in [9.17, 15) is 23.1 Å². The highest BCUT2D eigenvalue weighted by atomic mass is 79.9. The van der Waals surface area contributed by atoms with Gasteiger partial charge in [0.15, 0.2) is 0 Å². The smallest absolute Gasteiger partial charge is 0.428 e. The van der Waals surface area contributed by atoms with E-state index in [1.54, 1.807) is 12.1 Å². The third kappa shape index (κ3) is 3.55. The lowest BCUT2D eigenvalue weighted by Gasteiger charge is -2.35. The maximum Gasteiger partial charge on any atom is 0.428 e. The average molecular weight is 385 g/mol. The molecule has 0 aliphatic heterocycles. The molecular weight excluding hydrogens is 369 g/mol. The molecule has 0 spiro atoms. The Morgan fingerprint density at radius 1 is 1.32 bits per heavy atom. The van der Waals surface area contributed by atoms with Crippen LogP contribution in [0.3, 0.4) is 0 Å². The molecule has 0 fully saturated rings. The molecule has 22 heavy (non-hydrogen) atoms. The van der Waals surface area contributed by atoms with Crippen LogP contribution >= 0.6 is 15.9 Å². The van der Waals surface area contributed by atoms with Crippen LogP contribution in [0, 0.1) is 0 Å². The van der Waals surface area contributed by atoms with Gasteiger partial charge in [0.2, 0.25) is 0 Å². The van der Waals surface area contributed by atoms with Gasteiger partial charge in [-0.25, -0.2) is 4.79 Å². The summed E-state index contributed by atoms with van der Waals surface area (Å²) in [5.41, 5.74) is -4.80. The highest BCUT2D eigenvalue weighted by molar-refractivity contribution is 9.10. The number of aliphatic carboxylic acids is 1. The first-order valence-electron chi connectivity index (χ1n) is 6.21. The van der Waals surface area contributed by atoms with Crippen molar-refractivity contribution in [3.63, 3.8) is 0 Å². The SMILES string of the molecule is COc1ccc(Br)cc1C(C)(C)CC(O)(C(=O)O)C(F)(F)F. The molecule has 0 aliphatic carbocycles. The van der Waals surface area contributed by atoms with E-state index < -0.39 is 29.6 Å². The fourth-order valence-electron chi connectivity index (χ4n) is 2.24. The maximum absolute atomic E-state index is 13.0. The average Bonchev–Trinajstić information content (AvgIpc) is 2.36. The van der Waals surface area contributed by atoms with Crippen molar-refractivity contribution in [3.8, 4) is 5.75 Å². The van der Waals surface area contributed by atoms with Gasteiger partial charge in [-0.3, -0.25) is 0 Å². The third-order valence-corrected chi connectivity index (χ3v) is 3.90. The largest absolute Gasteiger partial charge is 0.496 e. The van der Waals surface area contributed by atoms with Gasteiger partial charge in [-0.2, -0.15) is 13.2 Å². The number of benzene rings is 1. The van der Waals surface area contributed by atoms with E-state index in [0.717, 1.165) is 0 Å². The summed E-state index contributed by atoms with van der Waals surface area (Å²) in [6.45, 7) is 2.83. The van der Waals surface area contributed by atoms with Gasteiger partial charge < -0.3 is 14.9 Å². The van der Waals surface area contributed by atoms with Crippen LogP contribution in [-0.4, -0.2) is 35.1 Å². The van der Waals surface area contributed by atoms with Gasteiger partial charge in [-0.15, -0.1) is 0 Å². The minimum Gasteiger partial charge on any atom is -0.496 e. The van der Waals surface area contributed by atoms with Crippen LogP contribution in [-0.2, 0) is 10.2 Å². The number of halogens is 4. The predicted molar refractivity (Wildman–Crippen MR) is 77.0 cm³/mol. The molecule has 4 nitrogen and oxygen atoms in total. The second kappa shape index (κ2) is 6.08. The Hall–Kier alpha value is -1.28. The maximum atomic E-state index is 13.0. The molecule has 1 aromatic carbocycles. The van der Waals surface area contributed by atoms with Crippen LogP contribution in [0.15, 0.2) is 22.7 Å². The zero-order valence-corrected chi connectivity index (χ0v) is 13.7. The molecule has 0 aliphatic rings. The van der Waals surface area contributed by atoms with Crippen molar-refractivity contribution in [1.82, 2.24) is 0 Å². The summed E-state index contributed by atoms with van der Waals surface area (Å²) in [5, 5.41) is 18.5. The lowest BCUT2D eigenvalue weighted by atomic mass is 9.74.